The van der Waals surface area contributed by atoms with E-state index >= 15 is 0 Å². The molecule has 0 spiro atoms. The van der Waals surface area contributed by atoms with Gasteiger partial charge in [0.15, 0.2) is 0 Å². The van der Waals surface area contributed by atoms with Crippen LogP contribution in [0.1, 0.15) is 11.1 Å². The highest BCUT2D eigenvalue weighted by atomic mass is 16.5. The largest absolute Gasteiger partial charge is 0.450 e. The zero-order chi connectivity index (χ0) is 14.1. The Morgan fingerprint density at radius 1 is 0.950 bits per heavy atom. The van der Waals surface area contributed by atoms with Gasteiger partial charge in [0.2, 0.25) is 5.75 Å². The van der Waals surface area contributed by atoms with Crippen molar-refractivity contribution < 1.29 is 9.15 Å². The average molecular weight is 266 g/mol. The van der Waals surface area contributed by atoms with Gasteiger partial charge in [-0.05, 0) is 49.2 Å². The third kappa shape index (κ3) is 2.30. The first kappa shape index (κ1) is 12.5. The molecule has 3 aromatic rings. The Balaban J connectivity index is 2.03. The molecule has 0 N–H and O–H groups in total. The molecule has 0 radical (unpaired) electrons. The van der Waals surface area contributed by atoms with Crippen LogP contribution < -0.4 is 10.4 Å². The maximum atomic E-state index is 11.9. The van der Waals surface area contributed by atoms with Gasteiger partial charge in [-0.1, -0.05) is 24.3 Å². The minimum Gasteiger partial charge on any atom is -0.450 e. The minimum atomic E-state index is -0.470. The topological polar surface area (TPSA) is 39.4 Å². The van der Waals surface area contributed by atoms with Crippen molar-refractivity contribution in [2.75, 3.05) is 0 Å². The Kier molecular flexibility index (Phi) is 3.03. The molecule has 0 atom stereocenters. The second-order valence-electron chi connectivity index (χ2n) is 4.78. The summed E-state index contributed by atoms with van der Waals surface area (Å²) in [4.78, 5) is 11.9. The molecule has 100 valence electrons. The van der Waals surface area contributed by atoms with Crippen LogP contribution in [0.4, 0.5) is 0 Å². The number of hydrogen-bond acceptors (Lipinski definition) is 3. The van der Waals surface area contributed by atoms with Crippen LogP contribution in [-0.2, 0) is 0 Å². The van der Waals surface area contributed by atoms with E-state index in [1.54, 1.807) is 12.1 Å². The highest BCUT2D eigenvalue weighted by Gasteiger charge is 2.07. The first-order chi connectivity index (χ1) is 9.63. The van der Waals surface area contributed by atoms with Gasteiger partial charge in [0.25, 0.3) is 0 Å². The van der Waals surface area contributed by atoms with Crippen LogP contribution in [0.2, 0.25) is 0 Å². The van der Waals surface area contributed by atoms with Crippen molar-refractivity contribution in [3.8, 4) is 11.5 Å². The summed E-state index contributed by atoms with van der Waals surface area (Å²) >= 11 is 0. The van der Waals surface area contributed by atoms with Gasteiger partial charge in [0.05, 0.1) is 0 Å². The Hall–Kier alpha value is -2.55. The Morgan fingerprint density at radius 3 is 2.55 bits per heavy atom. The summed E-state index contributed by atoms with van der Waals surface area (Å²) in [6.07, 6.45) is 0. The number of para-hydroxylation sites is 1. The maximum Gasteiger partial charge on any atom is 0.379 e. The zero-order valence-corrected chi connectivity index (χ0v) is 11.3. The first-order valence-corrected chi connectivity index (χ1v) is 6.41. The lowest BCUT2D eigenvalue weighted by atomic mass is 10.1. The number of benzene rings is 2. The molecular formula is C17H14O3. The molecule has 0 unspecified atom stereocenters. The van der Waals surface area contributed by atoms with Crippen LogP contribution >= 0.6 is 0 Å². The molecule has 0 fully saturated rings. The average Bonchev–Trinajstić information content (AvgIpc) is 2.44. The van der Waals surface area contributed by atoms with E-state index in [0.717, 1.165) is 10.9 Å². The maximum absolute atomic E-state index is 11.9. The molecule has 0 saturated carbocycles. The van der Waals surface area contributed by atoms with E-state index in [0.29, 0.717) is 11.3 Å². The summed E-state index contributed by atoms with van der Waals surface area (Å²) in [5, 5.41) is 0.839. The summed E-state index contributed by atoms with van der Waals surface area (Å²) in [5.41, 5.74) is 2.39. The van der Waals surface area contributed by atoms with Crippen molar-refractivity contribution in [2.45, 2.75) is 13.8 Å². The monoisotopic (exact) mass is 266 g/mol. The second kappa shape index (κ2) is 4.85. The highest BCUT2D eigenvalue weighted by molar-refractivity contribution is 5.77. The van der Waals surface area contributed by atoms with E-state index in [1.807, 2.05) is 50.2 Å². The second-order valence-corrected chi connectivity index (χ2v) is 4.78. The Bertz CT molecular complexity index is 831. The normalized spacial score (nSPS) is 10.7. The first-order valence-electron chi connectivity index (χ1n) is 6.41. The van der Waals surface area contributed by atoms with Crippen LogP contribution in [-0.4, -0.2) is 0 Å². The number of hydrogen-bond donors (Lipinski definition) is 0. The third-order valence-electron chi connectivity index (χ3n) is 3.32. The van der Waals surface area contributed by atoms with E-state index < -0.39 is 5.63 Å². The summed E-state index contributed by atoms with van der Waals surface area (Å²) in [5.74, 6) is 0.836. The highest BCUT2D eigenvalue weighted by Crippen LogP contribution is 2.24. The van der Waals surface area contributed by atoms with Gasteiger partial charge in [-0.15, -0.1) is 0 Å². The van der Waals surface area contributed by atoms with Gasteiger partial charge in [-0.3, -0.25) is 0 Å². The lowest BCUT2D eigenvalue weighted by Gasteiger charge is -2.07. The Morgan fingerprint density at radius 2 is 1.75 bits per heavy atom. The molecule has 0 saturated heterocycles. The molecule has 20 heavy (non-hydrogen) atoms. The van der Waals surface area contributed by atoms with Crippen LogP contribution in [0.15, 0.2) is 57.7 Å². The van der Waals surface area contributed by atoms with E-state index in [4.69, 9.17) is 9.15 Å². The smallest absolute Gasteiger partial charge is 0.379 e. The van der Waals surface area contributed by atoms with Crippen molar-refractivity contribution in [2.24, 2.45) is 0 Å². The van der Waals surface area contributed by atoms with E-state index in [1.165, 1.54) is 5.56 Å². The van der Waals surface area contributed by atoms with Gasteiger partial charge in [0.1, 0.15) is 11.3 Å². The van der Waals surface area contributed by atoms with Crippen molar-refractivity contribution in [3.05, 3.63) is 70.1 Å². The fraction of sp³-hybridized carbons (Fsp3) is 0.118. The molecule has 3 heteroatoms. The minimum absolute atomic E-state index is 0.201. The molecule has 0 aliphatic heterocycles. The molecule has 3 rings (SSSR count). The predicted octanol–water partition coefficient (Wildman–Crippen LogP) is 4.20. The quantitative estimate of drug-likeness (QED) is 0.652. The van der Waals surface area contributed by atoms with Crippen molar-refractivity contribution in [1.82, 2.24) is 0 Å². The fourth-order valence-electron chi connectivity index (χ4n) is 2.02. The van der Waals surface area contributed by atoms with Crippen LogP contribution in [0.5, 0.6) is 11.5 Å². The van der Waals surface area contributed by atoms with E-state index in [-0.39, 0.29) is 5.75 Å². The summed E-state index contributed by atoms with van der Waals surface area (Å²) in [7, 11) is 0. The lowest BCUT2D eigenvalue weighted by Crippen LogP contribution is -2.03. The van der Waals surface area contributed by atoms with E-state index in [9.17, 15) is 4.79 Å². The molecule has 3 nitrogen and oxygen atoms in total. The van der Waals surface area contributed by atoms with Crippen molar-refractivity contribution in [1.29, 1.82) is 0 Å². The van der Waals surface area contributed by atoms with Crippen LogP contribution in [0, 0.1) is 13.8 Å². The summed E-state index contributed by atoms with van der Waals surface area (Å²) in [6.45, 7) is 4.04. The zero-order valence-electron chi connectivity index (χ0n) is 11.3. The molecule has 0 aliphatic carbocycles. The molecule has 0 bridgehead atoms. The molecule has 0 amide bonds. The molecule has 2 aromatic carbocycles. The van der Waals surface area contributed by atoms with Gasteiger partial charge in [0, 0.05) is 5.39 Å². The van der Waals surface area contributed by atoms with Crippen LogP contribution in [0.3, 0.4) is 0 Å². The van der Waals surface area contributed by atoms with Gasteiger partial charge >= 0.3 is 5.63 Å². The number of fused-ring (bicyclic) bond motifs is 1. The number of rotatable bonds is 2. The van der Waals surface area contributed by atoms with Crippen LogP contribution in [0.25, 0.3) is 11.0 Å². The molecule has 1 heterocycles. The standard InChI is InChI=1S/C17H14O3/c1-11-7-8-14(9-12(11)2)19-16-10-13-5-3-4-6-15(13)20-17(16)18/h3-10H,1-2H3. The van der Waals surface area contributed by atoms with Gasteiger partial charge in [-0.2, -0.15) is 0 Å². The summed E-state index contributed by atoms with van der Waals surface area (Å²) < 4.78 is 10.9. The number of aryl methyl sites for hydroxylation is 2. The molecule has 0 aliphatic rings. The predicted molar refractivity (Wildman–Crippen MR) is 78.5 cm³/mol. The third-order valence-corrected chi connectivity index (χ3v) is 3.32. The lowest BCUT2D eigenvalue weighted by molar-refractivity contribution is 0.437. The Labute approximate surface area is 116 Å². The van der Waals surface area contributed by atoms with Crippen molar-refractivity contribution in [3.63, 3.8) is 0 Å². The van der Waals surface area contributed by atoms with Gasteiger partial charge in [-0.25, -0.2) is 4.79 Å². The summed E-state index contributed by atoms with van der Waals surface area (Å²) in [6, 6.07) is 14.8. The van der Waals surface area contributed by atoms with E-state index in [2.05, 4.69) is 0 Å². The fourth-order valence-corrected chi connectivity index (χ4v) is 2.02. The van der Waals surface area contributed by atoms with Crippen molar-refractivity contribution >= 4 is 11.0 Å². The SMILES string of the molecule is Cc1ccc(Oc2cc3ccccc3oc2=O)cc1C. The molecular weight excluding hydrogens is 252 g/mol. The number of ether oxygens (including phenoxy) is 1. The van der Waals surface area contributed by atoms with Gasteiger partial charge < -0.3 is 9.15 Å². The molecule has 1 aromatic heterocycles.